The number of nitrogens with two attached hydrogens (primary N) is 1. The Balaban J connectivity index is 2.04. The average Bonchev–Trinajstić information content (AvgIpc) is 2.37. The maximum atomic E-state index is 10.9. The average molecular weight is 260 g/mol. The van der Waals surface area contributed by atoms with Gasteiger partial charge in [-0.05, 0) is 24.6 Å². The summed E-state index contributed by atoms with van der Waals surface area (Å²) in [5.74, 6) is 4.54. The van der Waals surface area contributed by atoms with Crippen molar-refractivity contribution >= 4 is 17.3 Å². The van der Waals surface area contributed by atoms with Crippen LogP contribution in [0.25, 0.3) is 0 Å². The number of nitrogen functional groups attached to an aromatic ring is 1. The first-order chi connectivity index (χ1) is 9.19. The van der Waals surface area contributed by atoms with E-state index in [1.807, 2.05) is 6.07 Å². The molecule has 5 nitrogen and oxygen atoms in total. The minimum Gasteiger partial charge on any atom is -0.459 e. The molecule has 1 aliphatic heterocycles. The highest BCUT2D eigenvalue weighted by atomic mass is 16.5. The predicted molar refractivity (Wildman–Crippen MR) is 72.6 cm³/mol. The van der Waals surface area contributed by atoms with Crippen LogP contribution in [0.4, 0.5) is 11.4 Å². The van der Waals surface area contributed by atoms with E-state index in [1.54, 1.807) is 12.1 Å². The SMILES string of the molecule is COC(=O)C#Cc1ccc(N)c(NC[C@@H]2CCO2)c1. The first-order valence-electron chi connectivity index (χ1n) is 6.04. The molecule has 1 aromatic rings. The molecule has 0 aliphatic carbocycles. The van der Waals surface area contributed by atoms with Crippen LogP contribution in [0.5, 0.6) is 0 Å². The van der Waals surface area contributed by atoms with Crippen LogP contribution in [0, 0.1) is 11.8 Å². The van der Waals surface area contributed by atoms with E-state index in [4.69, 9.17) is 10.5 Å². The van der Waals surface area contributed by atoms with Gasteiger partial charge in [0.2, 0.25) is 0 Å². The van der Waals surface area contributed by atoms with Gasteiger partial charge in [0.05, 0.1) is 24.6 Å². The topological polar surface area (TPSA) is 73.6 Å². The molecule has 1 heterocycles. The van der Waals surface area contributed by atoms with Crippen LogP contribution in [0.1, 0.15) is 12.0 Å². The first-order valence-corrected chi connectivity index (χ1v) is 6.04. The molecule has 19 heavy (non-hydrogen) atoms. The van der Waals surface area contributed by atoms with E-state index >= 15 is 0 Å². The summed E-state index contributed by atoms with van der Waals surface area (Å²) in [5.41, 5.74) is 8.02. The van der Waals surface area contributed by atoms with E-state index in [0.29, 0.717) is 11.3 Å². The quantitative estimate of drug-likeness (QED) is 0.482. The van der Waals surface area contributed by atoms with Crippen LogP contribution in [0.3, 0.4) is 0 Å². The van der Waals surface area contributed by atoms with Gasteiger partial charge in [0.1, 0.15) is 0 Å². The van der Waals surface area contributed by atoms with Gasteiger partial charge in [0, 0.05) is 24.6 Å². The van der Waals surface area contributed by atoms with Crippen LogP contribution < -0.4 is 11.1 Å². The summed E-state index contributed by atoms with van der Waals surface area (Å²) in [6, 6.07) is 5.32. The van der Waals surface area contributed by atoms with Crippen molar-refractivity contribution in [3.05, 3.63) is 23.8 Å². The summed E-state index contributed by atoms with van der Waals surface area (Å²) < 4.78 is 9.78. The van der Waals surface area contributed by atoms with Crippen molar-refractivity contribution in [1.29, 1.82) is 0 Å². The number of benzene rings is 1. The summed E-state index contributed by atoms with van der Waals surface area (Å²) in [6.45, 7) is 1.55. The van der Waals surface area contributed by atoms with Gasteiger partial charge in [0.25, 0.3) is 0 Å². The van der Waals surface area contributed by atoms with Crippen LogP contribution in [0.2, 0.25) is 0 Å². The third kappa shape index (κ3) is 3.63. The number of carbonyl (C=O) groups excluding carboxylic acids is 1. The van der Waals surface area contributed by atoms with Gasteiger partial charge < -0.3 is 20.5 Å². The molecular weight excluding hydrogens is 244 g/mol. The lowest BCUT2D eigenvalue weighted by atomic mass is 10.1. The van der Waals surface area contributed by atoms with Crippen LogP contribution in [0.15, 0.2) is 18.2 Å². The highest BCUT2D eigenvalue weighted by molar-refractivity contribution is 5.89. The van der Waals surface area contributed by atoms with Crippen LogP contribution >= 0.6 is 0 Å². The van der Waals surface area contributed by atoms with Crippen molar-refractivity contribution < 1.29 is 14.3 Å². The molecule has 1 aliphatic rings. The van der Waals surface area contributed by atoms with Crippen molar-refractivity contribution in [1.82, 2.24) is 0 Å². The fourth-order valence-corrected chi connectivity index (χ4v) is 1.63. The van der Waals surface area contributed by atoms with Crippen molar-refractivity contribution in [2.45, 2.75) is 12.5 Å². The zero-order chi connectivity index (χ0) is 13.7. The van der Waals surface area contributed by atoms with Crippen molar-refractivity contribution in [3.8, 4) is 11.8 Å². The van der Waals surface area contributed by atoms with E-state index in [0.717, 1.165) is 25.3 Å². The van der Waals surface area contributed by atoms with E-state index in [-0.39, 0.29) is 6.10 Å². The molecule has 0 aromatic heterocycles. The third-order valence-electron chi connectivity index (χ3n) is 2.86. The van der Waals surface area contributed by atoms with E-state index in [2.05, 4.69) is 21.9 Å². The molecule has 1 aromatic carbocycles. The normalized spacial score (nSPS) is 16.8. The van der Waals surface area contributed by atoms with Gasteiger partial charge in [-0.1, -0.05) is 5.92 Å². The number of anilines is 2. The Morgan fingerprint density at radius 3 is 3.05 bits per heavy atom. The molecule has 0 amide bonds. The molecular formula is C14H16N2O3. The Morgan fingerprint density at radius 2 is 2.42 bits per heavy atom. The zero-order valence-corrected chi connectivity index (χ0v) is 10.7. The lowest BCUT2D eigenvalue weighted by Crippen LogP contribution is -2.33. The molecule has 1 saturated heterocycles. The Morgan fingerprint density at radius 1 is 1.63 bits per heavy atom. The van der Waals surface area contributed by atoms with Gasteiger partial charge in [-0.3, -0.25) is 0 Å². The maximum Gasteiger partial charge on any atom is 0.384 e. The number of esters is 1. The molecule has 0 spiro atoms. The van der Waals surface area contributed by atoms with E-state index in [9.17, 15) is 4.79 Å². The van der Waals surface area contributed by atoms with Gasteiger partial charge >= 0.3 is 5.97 Å². The number of carbonyl (C=O) groups is 1. The van der Waals surface area contributed by atoms with Gasteiger partial charge in [0.15, 0.2) is 0 Å². The molecule has 1 fully saturated rings. The second-order valence-corrected chi connectivity index (χ2v) is 4.21. The Bertz CT molecular complexity index is 527. The van der Waals surface area contributed by atoms with Crippen LogP contribution in [-0.4, -0.2) is 32.3 Å². The Labute approximate surface area is 112 Å². The molecule has 100 valence electrons. The molecule has 0 saturated carbocycles. The molecule has 0 unspecified atom stereocenters. The summed E-state index contributed by atoms with van der Waals surface area (Å²) >= 11 is 0. The fourth-order valence-electron chi connectivity index (χ4n) is 1.63. The maximum absolute atomic E-state index is 10.9. The predicted octanol–water partition coefficient (Wildman–Crippen LogP) is 0.994. The van der Waals surface area contributed by atoms with Crippen molar-refractivity contribution in [2.75, 3.05) is 31.3 Å². The van der Waals surface area contributed by atoms with E-state index in [1.165, 1.54) is 7.11 Å². The number of methoxy groups -OCH3 is 1. The largest absolute Gasteiger partial charge is 0.459 e. The molecule has 3 N–H and O–H groups in total. The second-order valence-electron chi connectivity index (χ2n) is 4.21. The number of hydrogen-bond donors (Lipinski definition) is 2. The summed E-state index contributed by atoms with van der Waals surface area (Å²) in [7, 11) is 1.30. The van der Waals surface area contributed by atoms with Gasteiger partial charge in [-0.25, -0.2) is 4.79 Å². The standard InChI is InChI=1S/C14H16N2O3/c1-18-14(17)5-3-10-2-4-12(15)13(8-10)16-9-11-6-7-19-11/h2,4,8,11,16H,6-7,9,15H2,1H3/t11-/m0/s1. The molecule has 5 heteroatoms. The minimum absolute atomic E-state index is 0.254. The summed E-state index contributed by atoms with van der Waals surface area (Å²) in [5, 5.41) is 3.22. The number of nitrogens with one attached hydrogen (secondary N) is 1. The summed E-state index contributed by atoms with van der Waals surface area (Å²) in [4.78, 5) is 10.9. The number of hydrogen-bond acceptors (Lipinski definition) is 5. The van der Waals surface area contributed by atoms with Crippen molar-refractivity contribution in [3.63, 3.8) is 0 Å². The van der Waals surface area contributed by atoms with Gasteiger partial charge in [-0.2, -0.15) is 0 Å². The third-order valence-corrected chi connectivity index (χ3v) is 2.86. The Kier molecular flexibility index (Phi) is 4.26. The molecule has 0 radical (unpaired) electrons. The lowest BCUT2D eigenvalue weighted by Gasteiger charge is -2.27. The lowest BCUT2D eigenvalue weighted by molar-refractivity contribution is -0.133. The van der Waals surface area contributed by atoms with Crippen LogP contribution in [-0.2, 0) is 14.3 Å². The smallest absolute Gasteiger partial charge is 0.384 e. The molecule has 1 atom stereocenters. The van der Waals surface area contributed by atoms with Gasteiger partial charge in [-0.15, -0.1) is 0 Å². The minimum atomic E-state index is -0.561. The number of ether oxygens (including phenoxy) is 2. The zero-order valence-electron chi connectivity index (χ0n) is 10.7. The number of rotatable bonds is 3. The second kappa shape index (κ2) is 6.12. The molecule has 0 bridgehead atoms. The Hall–Kier alpha value is -2.19. The fraction of sp³-hybridized carbons (Fsp3) is 0.357. The summed E-state index contributed by atoms with van der Waals surface area (Å²) in [6.07, 6.45) is 1.32. The first kappa shape index (κ1) is 13.2. The van der Waals surface area contributed by atoms with E-state index < -0.39 is 5.97 Å². The highest BCUT2D eigenvalue weighted by Gasteiger charge is 2.17. The van der Waals surface area contributed by atoms with Crippen molar-refractivity contribution in [2.24, 2.45) is 0 Å². The molecule has 2 rings (SSSR count). The monoisotopic (exact) mass is 260 g/mol. The highest BCUT2D eigenvalue weighted by Crippen LogP contribution is 2.21.